The van der Waals surface area contributed by atoms with Crippen LogP contribution in [0, 0.1) is 28.6 Å². The van der Waals surface area contributed by atoms with E-state index in [1.54, 1.807) is 0 Å². The van der Waals surface area contributed by atoms with Crippen molar-refractivity contribution in [2.45, 2.75) is 90.1 Å². The van der Waals surface area contributed by atoms with Gasteiger partial charge in [-0.05, 0) is 79.1 Å². The first-order chi connectivity index (χ1) is 18.3. The van der Waals surface area contributed by atoms with Gasteiger partial charge in [0.2, 0.25) is 0 Å². The van der Waals surface area contributed by atoms with Crippen LogP contribution < -0.4 is 0 Å². The van der Waals surface area contributed by atoms with E-state index in [0.29, 0.717) is 17.3 Å². The third-order valence-electron chi connectivity index (χ3n) is 10.8. The minimum absolute atomic E-state index is 0.0415. The summed E-state index contributed by atoms with van der Waals surface area (Å²) in [4.78, 5) is 29.2. The van der Waals surface area contributed by atoms with Crippen molar-refractivity contribution in [3.8, 4) is 10.4 Å². The Labute approximate surface area is 229 Å². The van der Waals surface area contributed by atoms with Gasteiger partial charge in [-0.15, -0.1) is 11.3 Å². The highest BCUT2D eigenvalue weighted by atomic mass is 32.1. The van der Waals surface area contributed by atoms with Gasteiger partial charge < -0.3 is 9.84 Å². The van der Waals surface area contributed by atoms with Gasteiger partial charge in [-0.1, -0.05) is 55.8 Å². The van der Waals surface area contributed by atoms with Crippen LogP contribution in [0.3, 0.4) is 0 Å². The fourth-order valence-corrected chi connectivity index (χ4v) is 9.99. The van der Waals surface area contributed by atoms with Crippen LogP contribution >= 0.6 is 11.3 Å². The highest BCUT2D eigenvalue weighted by Gasteiger charge is 2.59. The summed E-state index contributed by atoms with van der Waals surface area (Å²) < 4.78 is 5.71. The van der Waals surface area contributed by atoms with Crippen molar-refractivity contribution in [1.29, 1.82) is 0 Å². The molecule has 1 aromatic carbocycles. The van der Waals surface area contributed by atoms with Crippen LogP contribution in [0.4, 0.5) is 0 Å². The summed E-state index contributed by atoms with van der Waals surface area (Å²) in [5.41, 5.74) is 3.24. The third kappa shape index (κ3) is 4.43. The lowest BCUT2D eigenvalue weighted by molar-refractivity contribution is -0.154. The van der Waals surface area contributed by atoms with E-state index in [4.69, 9.17) is 14.8 Å². The van der Waals surface area contributed by atoms with Gasteiger partial charge in [0.15, 0.2) is 0 Å². The summed E-state index contributed by atoms with van der Waals surface area (Å²) in [5.74, 6) is 1.36. The normalized spacial score (nSPS) is 35.9. The van der Waals surface area contributed by atoms with Gasteiger partial charge in [0, 0.05) is 18.5 Å². The quantitative estimate of drug-likeness (QED) is 0.305. The van der Waals surface area contributed by atoms with Gasteiger partial charge >= 0.3 is 11.9 Å². The lowest BCUT2D eigenvalue weighted by Crippen LogP contribution is -2.50. The summed E-state index contributed by atoms with van der Waals surface area (Å²) in [6, 6.07) is 10.6. The van der Waals surface area contributed by atoms with Crippen molar-refractivity contribution in [2.75, 3.05) is 0 Å². The van der Waals surface area contributed by atoms with Crippen LogP contribution in [0.25, 0.3) is 10.4 Å². The van der Waals surface area contributed by atoms with Gasteiger partial charge in [-0.25, -0.2) is 4.98 Å². The molecule has 0 radical (unpaired) electrons. The zero-order valence-electron chi connectivity index (χ0n) is 22.5. The number of hydrogen-bond donors (Lipinski definition) is 1. The molecule has 0 amide bonds. The van der Waals surface area contributed by atoms with Crippen molar-refractivity contribution in [3.63, 3.8) is 0 Å². The number of esters is 1. The largest absolute Gasteiger partial charge is 0.481 e. The lowest BCUT2D eigenvalue weighted by Gasteiger charge is -2.58. The number of aromatic nitrogens is 1. The maximum Gasteiger partial charge on any atom is 0.306 e. The Bertz CT molecular complexity index is 1240. The zero-order valence-corrected chi connectivity index (χ0v) is 23.3. The van der Waals surface area contributed by atoms with E-state index >= 15 is 0 Å². The molecule has 0 aliphatic heterocycles. The van der Waals surface area contributed by atoms with Crippen molar-refractivity contribution in [1.82, 2.24) is 4.98 Å². The summed E-state index contributed by atoms with van der Waals surface area (Å²) in [5, 5.41) is 10.2. The molecule has 6 heteroatoms. The molecule has 2 aromatic rings. The second-order valence-electron chi connectivity index (χ2n) is 12.6. The van der Waals surface area contributed by atoms with E-state index in [-0.39, 0.29) is 30.3 Å². The Morgan fingerprint density at radius 1 is 1.05 bits per heavy atom. The number of carbonyl (C=O) groups is 2. The molecule has 4 aliphatic carbocycles. The highest BCUT2D eigenvalue weighted by molar-refractivity contribution is 7.15. The van der Waals surface area contributed by atoms with Crippen molar-refractivity contribution >= 4 is 23.3 Å². The van der Waals surface area contributed by atoms with Crippen LogP contribution in [0.2, 0.25) is 0 Å². The van der Waals surface area contributed by atoms with Crippen molar-refractivity contribution in [2.24, 2.45) is 28.6 Å². The number of carboxylic acid groups (broad SMARTS) is 1. The third-order valence-corrected chi connectivity index (χ3v) is 11.9. The molecule has 0 spiro atoms. The molecule has 1 heterocycles. The van der Waals surface area contributed by atoms with E-state index in [9.17, 15) is 9.59 Å². The van der Waals surface area contributed by atoms with E-state index in [1.807, 2.05) is 11.3 Å². The van der Waals surface area contributed by atoms with Gasteiger partial charge in [0.05, 0.1) is 22.7 Å². The molecule has 1 N–H and O–H groups in total. The predicted octanol–water partition coefficient (Wildman–Crippen LogP) is 7.63. The van der Waals surface area contributed by atoms with Gasteiger partial charge in [-0.3, -0.25) is 9.59 Å². The van der Waals surface area contributed by atoms with Crippen LogP contribution in [0.5, 0.6) is 0 Å². The average molecular weight is 534 g/mol. The number of carbonyl (C=O) groups excluding carboxylic acids is 1. The van der Waals surface area contributed by atoms with Gasteiger partial charge in [0.1, 0.15) is 6.10 Å². The molecule has 38 heavy (non-hydrogen) atoms. The number of hydrogen-bond acceptors (Lipinski definition) is 5. The van der Waals surface area contributed by atoms with Crippen LogP contribution in [0.1, 0.15) is 89.0 Å². The number of rotatable bonds is 6. The lowest BCUT2D eigenvalue weighted by atomic mass is 9.47. The molecular formula is C32H39NO4S. The summed E-state index contributed by atoms with van der Waals surface area (Å²) in [7, 11) is 0. The minimum atomic E-state index is -0.954. The summed E-state index contributed by atoms with van der Waals surface area (Å²) in [6.45, 7) is 5.03. The first-order valence-corrected chi connectivity index (χ1v) is 15.2. The highest BCUT2D eigenvalue weighted by Crippen LogP contribution is 2.68. The van der Waals surface area contributed by atoms with Gasteiger partial charge in [0.25, 0.3) is 0 Å². The molecule has 3 fully saturated rings. The second kappa shape index (κ2) is 9.93. The number of allylic oxidation sites excluding steroid dienone is 1. The number of carboxylic acids is 1. The molecule has 0 saturated heterocycles. The Kier molecular flexibility index (Phi) is 6.74. The molecule has 4 aliphatic rings. The number of nitrogens with zero attached hydrogens (tertiary/aromatic N) is 1. The molecule has 1 aromatic heterocycles. The molecule has 6 rings (SSSR count). The summed E-state index contributed by atoms with van der Waals surface area (Å²) in [6.07, 6.45) is 13.2. The number of thiazole rings is 1. The molecular weight excluding hydrogens is 494 g/mol. The number of benzene rings is 1. The van der Waals surface area contributed by atoms with E-state index < -0.39 is 5.97 Å². The van der Waals surface area contributed by atoms with E-state index in [2.05, 4.69) is 56.5 Å². The molecule has 202 valence electrons. The Hall–Kier alpha value is -2.47. The predicted molar refractivity (Wildman–Crippen MR) is 149 cm³/mol. The number of fused-ring (bicyclic) bond motifs is 5. The van der Waals surface area contributed by atoms with Crippen molar-refractivity contribution in [3.05, 3.63) is 53.2 Å². The second-order valence-corrected chi connectivity index (χ2v) is 13.7. The molecule has 7 atom stereocenters. The number of ether oxygens (including phenoxy) is 1. The van der Waals surface area contributed by atoms with Crippen molar-refractivity contribution < 1.29 is 19.4 Å². The topological polar surface area (TPSA) is 76.5 Å². The average Bonchev–Trinajstić information content (AvgIpc) is 3.52. The Morgan fingerprint density at radius 2 is 1.87 bits per heavy atom. The monoisotopic (exact) mass is 533 g/mol. The van der Waals surface area contributed by atoms with E-state index in [1.165, 1.54) is 46.7 Å². The molecule has 3 saturated carbocycles. The molecule has 5 nitrogen and oxygen atoms in total. The van der Waals surface area contributed by atoms with Crippen LogP contribution in [-0.2, 0) is 14.3 Å². The first kappa shape index (κ1) is 25.8. The van der Waals surface area contributed by atoms with E-state index in [0.717, 1.165) is 37.5 Å². The smallest absolute Gasteiger partial charge is 0.306 e. The Morgan fingerprint density at radius 3 is 2.66 bits per heavy atom. The summed E-state index contributed by atoms with van der Waals surface area (Å²) >= 11 is 1.90. The maximum atomic E-state index is 12.2. The number of aliphatic carboxylic acids is 1. The SMILES string of the molecule is C[C@]12CC[C@H](OC(=O)CCC(=O)O)CC1=CC[C@@H]1C2CC[C@@]2(C)C1CC[C@@H]2c1ncc(-c2ccccc2)s1. The zero-order chi connectivity index (χ0) is 26.5. The fourth-order valence-electron chi connectivity index (χ4n) is 8.77. The standard InChI is InChI=1S/C32H39NO4S/c1-31-16-14-22(37-29(36)13-12-28(34)35)18-21(31)8-9-23-24-10-11-26(32(24,2)17-15-25(23)31)30-33-19-27(38-30)20-6-4-3-5-7-20/h3-8,19,22-26H,9-18H2,1-2H3,(H,34,35)/t22-,23-,24?,25?,26+,31-,32-/m0/s1. The van der Waals surface area contributed by atoms with Gasteiger partial charge in [-0.2, -0.15) is 0 Å². The maximum absolute atomic E-state index is 12.2. The first-order valence-electron chi connectivity index (χ1n) is 14.4. The van der Waals surface area contributed by atoms with Crippen LogP contribution in [-0.4, -0.2) is 28.1 Å². The Balaban J connectivity index is 1.16. The molecule has 0 bridgehead atoms. The minimum Gasteiger partial charge on any atom is -0.481 e. The fraction of sp³-hybridized carbons (Fsp3) is 0.594. The molecule has 2 unspecified atom stereocenters. The van der Waals surface area contributed by atoms with Crippen LogP contribution in [0.15, 0.2) is 48.2 Å².